The number of phenolic OH excluding ortho intramolecular Hbond substituents is 4. The molecule has 3 atom stereocenters. The number of benzene rings is 4. The fraction of sp³-hybridized carbons (Fsp3) is 0.421. The van der Waals surface area contributed by atoms with Gasteiger partial charge in [-0.3, -0.25) is 58.0 Å². The highest BCUT2D eigenvalue weighted by Crippen LogP contribution is 2.26. The molecule has 0 spiro atoms. The van der Waals surface area contributed by atoms with E-state index in [-0.39, 0.29) is 181 Å². The molecule has 3 unspecified atom stereocenters. The van der Waals surface area contributed by atoms with E-state index in [1.165, 1.54) is 78.3 Å². The topological polar surface area (TPSA) is 351 Å². The van der Waals surface area contributed by atoms with Crippen molar-refractivity contribution in [3.8, 4) is 23.0 Å². The number of nitrogens with zero attached hydrogens (tertiary/aromatic N) is 4. The first-order chi connectivity index (χ1) is 41.0. The maximum atomic E-state index is 14.4. The molecule has 0 aliphatic carbocycles. The van der Waals surface area contributed by atoms with E-state index in [9.17, 15) is 63.3 Å². The molecule has 4 heterocycles. The second-order valence-electron chi connectivity index (χ2n) is 20.4. The zero-order chi connectivity index (χ0) is 60.8. The number of halogens is 1. The van der Waals surface area contributed by atoms with Crippen LogP contribution >= 0.6 is 12.2 Å². The van der Waals surface area contributed by atoms with Crippen LogP contribution in [0.5, 0.6) is 23.0 Å². The normalized spacial score (nSPS) is 21.6. The van der Waals surface area contributed by atoms with Crippen LogP contribution in [0.1, 0.15) is 102 Å². The lowest BCUT2D eigenvalue weighted by Crippen LogP contribution is -2.49. The van der Waals surface area contributed by atoms with Crippen molar-refractivity contribution >= 4 is 64.6 Å². The van der Waals surface area contributed by atoms with Gasteiger partial charge in [-0.1, -0.05) is 24.3 Å². The predicted molar refractivity (Wildman–Crippen MR) is 314 cm³/mol. The van der Waals surface area contributed by atoms with Gasteiger partial charge in [-0.2, -0.15) is 5.54 Å². The van der Waals surface area contributed by atoms with E-state index >= 15 is 0 Å². The molecule has 4 aliphatic rings. The van der Waals surface area contributed by atoms with Crippen LogP contribution in [0.25, 0.3) is 0 Å². The molecule has 28 heteroatoms. The minimum atomic E-state index is -0.700. The molecule has 0 fully saturated rings. The van der Waals surface area contributed by atoms with Crippen molar-refractivity contribution in [2.45, 2.75) is 25.3 Å². The van der Waals surface area contributed by atoms with E-state index in [1.807, 2.05) is 19.6 Å². The molecule has 0 saturated heterocycles. The molecule has 14 N–H and O–H groups in total. The van der Waals surface area contributed by atoms with E-state index in [0.29, 0.717) is 19.3 Å². The Morgan fingerprint density at radius 1 is 0.412 bits per heavy atom. The van der Waals surface area contributed by atoms with Crippen molar-refractivity contribution in [3.05, 3.63) is 117 Å². The lowest BCUT2D eigenvalue weighted by atomic mass is 10.0. The molecular weight excluding hydrogens is 1120 g/mol. The summed E-state index contributed by atoms with van der Waals surface area (Å²) in [5, 5.41) is 71.0. The molecule has 0 aromatic heterocycles. The molecule has 456 valence electrons. The summed E-state index contributed by atoms with van der Waals surface area (Å²) in [5.41, 5.74) is 0.0426. The lowest BCUT2D eigenvalue weighted by Gasteiger charge is -2.31. The zero-order valence-corrected chi connectivity index (χ0v) is 47.7. The fourth-order valence-electron chi connectivity index (χ4n) is 10.0. The number of para-hydroxylation sites is 4. The number of unbranched alkanes of at least 4 members (excludes halogenated alkanes) is 1. The summed E-state index contributed by atoms with van der Waals surface area (Å²) in [5.74, 6) is -7.65. The molecule has 12 bridgehead atoms. The Hall–Kier alpha value is -8.70. The SMILES string of the molecule is O=C1NCCN2CCNC(=O)c3cccc(c3O)C(=O)NCCN(CCNC(=O)c3cccc1c3O)CCN1CCNC(=O)c3cccc(c3O)C(=O)NCCN(CCNC(=O)c3cccc(c3O)C(=O)NC(CCCCNC(=S)NF)C1)CC2. The first-order valence-electron chi connectivity index (χ1n) is 28.1. The number of rotatable bonds is 5. The summed E-state index contributed by atoms with van der Waals surface area (Å²) in [6, 6.07) is 16.2. The first kappa shape index (κ1) is 63.9. The van der Waals surface area contributed by atoms with E-state index in [2.05, 4.69) is 47.9 Å². The van der Waals surface area contributed by atoms with Crippen LogP contribution < -0.4 is 53.4 Å². The summed E-state index contributed by atoms with van der Waals surface area (Å²) >= 11 is 4.89. The highest BCUT2D eigenvalue weighted by molar-refractivity contribution is 7.80. The fourth-order valence-corrected chi connectivity index (χ4v) is 10.1. The van der Waals surface area contributed by atoms with Crippen molar-refractivity contribution in [3.63, 3.8) is 0 Å². The summed E-state index contributed by atoms with van der Waals surface area (Å²) < 4.78 is 13.0. The van der Waals surface area contributed by atoms with Crippen LogP contribution in [0.3, 0.4) is 0 Å². The predicted octanol–water partition coefficient (Wildman–Crippen LogP) is -0.416. The summed E-state index contributed by atoms with van der Waals surface area (Å²) in [4.78, 5) is 119. The van der Waals surface area contributed by atoms with Gasteiger partial charge in [0.05, 0.1) is 44.5 Å². The van der Waals surface area contributed by atoms with Crippen LogP contribution in [0.2, 0.25) is 0 Å². The van der Waals surface area contributed by atoms with Gasteiger partial charge in [-0.25, -0.2) is 0 Å². The lowest BCUT2D eigenvalue weighted by molar-refractivity contribution is 0.0896. The molecule has 4 aliphatic heterocycles. The van der Waals surface area contributed by atoms with Crippen LogP contribution in [0.15, 0.2) is 72.8 Å². The number of phenols is 4. The Morgan fingerprint density at radius 3 is 0.953 bits per heavy atom. The molecule has 0 saturated carbocycles. The number of carbonyl (C=O) groups excluding carboxylic acids is 8. The Labute approximate surface area is 495 Å². The van der Waals surface area contributed by atoms with Crippen molar-refractivity contribution < 1.29 is 63.3 Å². The van der Waals surface area contributed by atoms with E-state index < -0.39 is 76.3 Å². The highest BCUT2D eigenvalue weighted by Gasteiger charge is 2.27. The number of carbonyl (C=O) groups is 8. The smallest absolute Gasteiger partial charge is 0.255 e. The van der Waals surface area contributed by atoms with Gasteiger partial charge in [-0.05, 0) is 80.0 Å². The quantitative estimate of drug-likeness (QED) is 0.0686. The van der Waals surface area contributed by atoms with E-state index in [0.717, 1.165) is 0 Å². The van der Waals surface area contributed by atoms with Crippen LogP contribution in [0, 0.1) is 0 Å². The standard InChI is InChI=1S/C57H73FN14O12S/c58-68-57(85)66-16-2-1-7-36-35-72-30-23-65-54(82)42-13-5-12-41(47(42)75)51(79)61-19-26-70(27-20-64-55(83)43-14-6-15-44(48(43)76)56(84)67-36)32-31-69-24-17-59-49(77)37-8-3-10-39(45(37)73)52(80)62-21-28-71(33-34-72)29-22-63-53(81)40-11-4-9-38(46(40)74)50(78)60-18-25-69/h3-6,8-15,36,73-76H,1-2,7,16-35H2,(H,59,77)(H,60,78)(H,61,79)(H,62,80)(H,63,81)(H,64,83)(H,65,82)(H,67,84)(H2,66,68,85). The minimum Gasteiger partial charge on any atom is -0.506 e. The third-order valence-electron chi connectivity index (χ3n) is 14.7. The molecule has 8 rings (SSSR count). The average Bonchev–Trinajstić information content (AvgIpc) is 3.68. The molecule has 4 aromatic carbocycles. The second-order valence-corrected chi connectivity index (χ2v) is 20.8. The monoisotopic (exact) mass is 1200 g/mol. The maximum absolute atomic E-state index is 14.4. The number of hydrogen-bond donors (Lipinski definition) is 14. The van der Waals surface area contributed by atoms with Gasteiger partial charge < -0.3 is 68.3 Å². The third-order valence-corrected chi connectivity index (χ3v) is 14.9. The Kier molecular flexibility index (Phi) is 23.9. The summed E-state index contributed by atoms with van der Waals surface area (Å²) in [6.45, 7) is 2.21. The zero-order valence-electron chi connectivity index (χ0n) is 46.9. The van der Waals surface area contributed by atoms with E-state index in [1.54, 1.807) is 0 Å². The first-order valence-corrected chi connectivity index (χ1v) is 28.5. The van der Waals surface area contributed by atoms with Crippen LogP contribution in [0.4, 0.5) is 4.48 Å². The molecule has 85 heavy (non-hydrogen) atoms. The Bertz CT molecular complexity index is 2990. The van der Waals surface area contributed by atoms with Crippen LogP contribution in [-0.2, 0) is 0 Å². The van der Waals surface area contributed by atoms with Gasteiger partial charge >= 0.3 is 0 Å². The van der Waals surface area contributed by atoms with Crippen molar-refractivity contribution in [2.75, 3.05) is 131 Å². The second kappa shape index (κ2) is 31.8. The number of nitrogens with one attached hydrogen (secondary N) is 10. The van der Waals surface area contributed by atoms with Gasteiger partial charge in [0.15, 0.2) is 5.11 Å². The van der Waals surface area contributed by atoms with E-state index in [4.69, 9.17) is 12.2 Å². The largest absolute Gasteiger partial charge is 0.506 e. The number of thiocarbonyl (C=S) groups is 1. The van der Waals surface area contributed by atoms with Gasteiger partial charge in [-0.15, -0.1) is 4.48 Å². The van der Waals surface area contributed by atoms with Crippen molar-refractivity contribution in [1.29, 1.82) is 0 Å². The minimum absolute atomic E-state index is 0.00368. The summed E-state index contributed by atoms with van der Waals surface area (Å²) in [7, 11) is 0. The van der Waals surface area contributed by atoms with Gasteiger partial charge in [0.25, 0.3) is 47.3 Å². The number of hydrogen-bond acceptors (Lipinski definition) is 17. The van der Waals surface area contributed by atoms with Crippen molar-refractivity contribution in [1.82, 2.24) is 73.0 Å². The maximum Gasteiger partial charge on any atom is 0.255 e. The molecule has 8 amide bonds. The van der Waals surface area contributed by atoms with Crippen LogP contribution in [-0.4, -0.2) is 229 Å². The van der Waals surface area contributed by atoms with Gasteiger partial charge in [0, 0.05) is 137 Å². The Morgan fingerprint density at radius 2 is 0.671 bits per heavy atom. The number of aromatic hydroxyl groups is 4. The average molecular weight is 1200 g/mol. The third kappa shape index (κ3) is 18.2. The summed E-state index contributed by atoms with van der Waals surface area (Å²) in [6.07, 6.45) is 1.25. The van der Waals surface area contributed by atoms with Gasteiger partial charge in [0.1, 0.15) is 23.0 Å². The van der Waals surface area contributed by atoms with Crippen molar-refractivity contribution in [2.24, 2.45) is 0 Å². The molecular formula is C57H73FN14O12S. The number of fused-ring (bicyclic) bond motifs is 16. The molecule has 4 aromatic rings. The highest BCUT2D eigenvalue weighted by atomic mass is 32.1. The number of amides is 8. The van der Waals surface area contributed by atoms with Gasteiger partial charge in [0.2, 0.25) is 0 Å². The molecule has 26 nitrogen and oxygen atoms in total. The Balaban J connectivity index is 1.32. The molecule has 0 radical (unpaired) electrons.